The molecule has 174 valence electrons. The van der Waals surface area contributed by atoms with Crippen molar-refractivity contribution in [1.29, 1.82) is 0 Å². The number of aromatic amines is 1. The first kappa shape index (κ1) is 22.5. The van der Waals surface area contributed by atoms with Crippen molar-refractivity contribution in [2.75, 3.05) is 5.32 Å². The van der Waals surface area contributed by atoms with Crippen LogP contribution in [0.4, 0.5) is 5.95 Å². The molecular weight excluding hydrogens is 448 g/mol. The summed E-state index contributed by atoms with van der Waals surface area (Å²) in [4.78, 5) is 37.2. The predicted octanol–water partition coefficient (Wildman–Crippen LogP) is 4.44. The highest BCUT2D eigenvalue weighted by Gasteiger charge is 2.26. The van der Waals surface area contributed by atoms with Gasteiger partial charge in [-0.25, -0.2) is 9.97 Å². The van der Waals surface area contributed by atoms with Crippen molar-refractivity contribution in [3.05, 3.63) is 59.0 Å². The predicted molar refractivity (Wildman–Crippen MR) is 132 cm³/mol. The summed E-state index contributed by atoms with van der Waals surface area (Å²) in [6, 6.07) is 8.20. The van der Waals surface area contributed by atoms with Gasteiger partial charge in [-0.1, -0.05) is 6.07 Å². The molecule has 2 N–H and O–H groups in total. The summed E-state index contributed by atoms with van der Waals surface area (Å²) in [7, 11) is 0. The van der Waals surface area contributed by atoms with Crippen LogP contribution in [0.5, 0.6) is 0 Å². The lowest BCUT2D eigenvalue weighted by Crippen LogP contribution is -2.27. The molecule has 1 saturated carbocycles. The Balaban J connectivity index is 1.13. The summed E-state index contributed by atoms with van der Waals surface area (Å²) in [5.74, 6) is 1.12. The highest BCUT2D eigenvalue weighted by Crippen LogP contribution is 2.32. The summed E-state index contributed by atoms with van der Waals surface area (Å²) in [5, 5.41) is 10.4. The van der Waals surface area contributed by atoms with Gasteiger partial charge in [-0.05, 0) is 86.0 Å². The molecule has 5 rings (SSSR count). The van der Waals surface area contributed by atoms with Gasteiger partial charge in [-0.15, -0.1) is 0 Å². The van der Waals surface area contributed by atoms with Crippen molar-refractivity contribution in [2.24, 2.45) is 5.92 Å². The van der Waals surface area contributed by atoms with Crippen molar-refractivity contribution in [3.8, 4) is 11.4 Å². The van der Waals surface area contributed by atoms with Crippen LogP contribution in [0.15, 0.2) is 47.8 Å². The van der Waals surface area contributed by atoms with Gasteiger partial charge in [0.1, 0.15) is 0 Å². The largest absolute Gasteiger partial charge is 0.351 e. The number of H-pyrrole nitrogens is 1. The maximum atomic E-state index is 11.9. The molecule has 1 saturated heterocycles. The van der Waals surface area contributed by atoms with E-state index in [1.807, 2.05) is 18.3 Å². The monoisotopic (exact) mass is 474 g/mol. The maximum Gasteiger partial charge on any atom is 0.223 e. The third kappa shape index (κ3) is 5.41. The number of allylic oxidation sites excluding steroid dienone is 1. The number of hydrogen-bond acceptors (Lipinski definition) is 8. The molecule has 2 fully saturated rings. The third-order valence-corrected chi connectivity index (χ3v) is 7.35. The van der Waals surface area contributed by atoms with Gasteiger partial charge >= 0.3 is 0 Å². The molecule has 34 heavy (non-hydrogen) atoms. The van der Waals surface area contributed by atoms with Crippen LogP contribution in [-0.2, 0) is 16.0 Å². The number of pyridine rings is 1. The molecule has 3 aromatic rings. The maximum absolute atomic E-state index is 11.9. The van der Waals surface area contributed by atoms with Gasteiger partial charge in [-0.2, -0.15) is 5.10 Å². The normalized spacial score (nSPS) is 21.8. The summed E-state index contributed by atoms with van der Waals surface area (Å²) in [6.45, 7) is 0. The Bertz CT molecular complexity index is 1200. The van der Waals surface area contributed by atoms with Crippen LogP contribution in [0, 0.1) is 5.92 Å². The van der Waals surface area contributed by atoms with Crippen molar-refractivity contribution < 1.29 is 9.59 Å². The van der Waals surface area contributed by atoms with Crippen LogP contribution in [-0.4, -0.2) is 42.1 Å². The van der Waals surface area contributed by atoms with Crippen molar-refractivity contribution in [1.82, 2.24) is 25.1 Å². The van der Waals surface area contributed by atoms with Gasteiger partial charge in [-0.3, -0.25) is 19.7 Å². The zero-order chi connectivity index (χ0) is 23.3. The van der Waals surface area contributed by atoms with Gasteiger partial charge in [0.05, 0.1) is 28.4 Å². The molecule has 0 amide bonds. The molecule has 0 atom stereocenters. The number of hydrogen-bond donors (Lipinski definition) is 2. The number of Topliss-reactive ketones (excluding diaryl/α,β-unsaturated/α-hetero) is 1. The minimum atomic E-state index is -0.135. The lowest BCUT2D eigenvalue weighted by molar-refractivity contribution is -0.119. The van der Waals surface area contributed by atoms with E-state index >= 15 is 0 Å². The van der Waals surface area contributed by atoms with Crippen LogP contribution < -0.4 is 5.32 Å². The minimum absolute atomic E-state index is 0.0266. The third-order valence-electron chi connectivity index (χ3n) is 6.41. The molecule has 1 aliphatic heterocycles. The molecule has 0 aromatic carbocycles. The van der Waals surface area contributed by atoms with Crippen molar-refractivity contribution in [2.45, 2.75) is 51.0 Å². The zero-order valence-electron chi connectivity index (χ0n) is 18.7. The Morgan fingerprint density at radius 2 is 1.94 bits per heavy atom. The number of ketones is 1. The molecule has 0 spiro atoms. The summed E-state index contributed by atoms with van der Waals surface area (Å²) in [5.41, 5.74) is 3.85. The van der Waals surface area contributed by atoms with Crippen LogP contribution in [0.3, 0.4) is 0 Å². The first-order valence-corrected chi connectivity index (χ1v) is 12.4. The van der Waals surface area contributed by atoms with Crippen LogP contribution in [0.1, 0.15) is 49.8 Å². The van der Waals surface area contributed by atoms with Gasteiger partial charge in [0.2, 0.25) is 11.1 Å². The van der Waals surface area contributed by atoms with E-state index in [4.69, 9.17) is 0 Å². The fraction of sp³-hybridized carbons (Fsp3) is 0.360. The van der Waals surface area contributed by atoms with E-state index < -0.39 is 0 Å². The van der Waals surface area contributed by atoms with Crippen LogP contribution in [0.2, 0.25) is 0 Å². The average molecular weight is 475 g/mol. The quantitative estimate of drug-likeness (QED) is 0.382. The van der Waals surface area contributed by atoms with Gasteiger partial charge in [0, 0.05) is 24.6 Å². The Morgan fingerprint density at radius 1 is 1.06 bits per heavy atom. The van der Waals surface area contributed by atoms with E-state index in [-0.39, 0.29) is 17.3 Å². The van der Waals surface area contributed by atoms with E-state index in [2.05, 4.69) is 36.5 Å². The second-order valence-corrected chi connectivity index (χ2v) is 9.87. The first-order valence-electron chi connectivity index (χ1n) is 11.6. The highest BCUT2D eigenvalue weighted by atomic mass is 32.2. The molecule has 8 nitrogen and oxygen atoms in total. The number of nitrogens with zero attached hydrogens (tertiary/aromatic N) is 4. The van der Waals surface area contributed by atoms with Gasteiger partial charge in [0.15, 0.2) is 5.78 Å². The Kier molecular flexibility index (Phi) is 6.80. The Hall–Kier alpha value is -3.33. The summed E-state index contributed by atoms with van der Waals surface area (Å²) in [6.07, 6.45) is 13.5. The minimum Gasteiger partial charge on any atom is -0.351 e. The number of aromatic nitrogens is 5. The summed E-state index contributed by atoms with van der Waals surface area (Å²) >= 11 is 0.996. The van der Waals surface area contributed by atoms with E-state index in [9.17, 15) is 9.59 Å². The molecular formula is C25H26N6O2S. The van der Waals surface area contributed by atoms with E-state index in [0.29, 0.717) is 28.5 Å². The smallest absolute Gasteiger partial charge is 0.223 e. The van der Waals surface area contributed by atoms with E-state index in [0.717, 1.165) is 61.7 Å². The molecule has 2 aliphatic rings. The summed E-state index contributed by atoms with van der Waals surface area (Å²) < 4.78 is 0. The Labute approximate surface area is 202 Å². The molecule has 4 heterocycles. The van der Waals surface area contributed by atoms with Crippen LogP contribution in [0.25, 0.3) is 17.5 Å². The van der Waals surface area contributed by atoms with Gasteiger partial charge in [0.25, 0.3) is 0 Å². The Morgan fingerprint density at radius 3 is 2.71 bits per heavy atom. The number of thioether (sulfide) groups is 1. The average Bonchev–Trinajstić information content (AvgIpc) is 3.49. The van der Waals surface area contributed by atoms with Gasteiger partial charge < -0.3 is 5.32 Å². The molecule has 9 heteroatoms. The molecule has 0 bridgehead atoms. The molecule has 3 aromatic heterocycles. The SMILES string of the molecule is O=C1CC(=O)/C(=C/c2ccnc(NC3CCC(CCc4cccnc4-c4ccn[nH]4)CC3)n2)S1. The number of aryl methyl sites for hydroxylation is 1. The lowest BCUT2D eigenvalue weighted by Gasteiger charge is -2.29. The fourth-order valence-electron chi connectivity index (χ4n) is 4.61. The first-order chi connectivity index (χ1) is 16.6. The number of nitrogens with one attached hydrogen (secondary N) is 2. The topological polar surface area (TPSA) is 114 Å². The second-order valence-electron chi connectivity index (χ2n) is 8.77. The zero-order valence-corrected chi connectivity index (χ0v) is 19.6. The molecule has 0 unspecified atom stereocenters. The van der Waals surface area contributed by atoms with E-state index in [1.54, 1.807) is 24.5 Å². The highest BCUT2D eigenvalue weighted by molar-refractivity contribution is 8.18. The molecule has 1 aliphatic carbocycles. The molecule has 0 radical (unpaired) electrons. The number of carbonyl (C=O) groups is 2. The standard InChI is InChI=1S/C25H26N6O2S/c32-21-15-23(33)34-22(21)14-19-9-12-27-25(30-19)29-18-7-4-16(5-8-18)3-6-17-2-1-11-26-24(17)20-10-13-28-31-20/h1-2,9-14,16,18H,3-8,15H2,(H,28,31)(H,27,29,30)/b22-14-. The van der Waals surface area contributed by atoms with Crippen LogP contribution >= 0.6 is 11.8 Å². The number of anilines is 1. The lowest BCUT2D eigenvalue weighted by atomic mass is 9.82. The fourth-order valence-corrected chi connectivity index (χ4v) is 5.42. The number of carbonyl (C=O) groups excluding carboxylic acids is 2. The van der Waals surface area contributed by atoms with Crippen molar-refractivity contribution >= 4 is 34.7 Å². The van der Waals surface area contributed by atoms with E-state index in [1.165, 1.54) is 5.56 Å². The van der Waals surface area contributed by atoms with Crippen molar-refractivity contribution in [3.63, 3.8) is 0 Å². The second kappa shape index (κ2) is 10.3. The number of rotatable bonds is 7.